The molecule has 42 valence electrons. The highest BCUT2D eigenvalue weighted by atomic mass is 127. The Morgan fingerprint density at radius 1 is 1.62 bits per heavy atom. The van der Waals surface area contributed by atoms with Crippen molar-refractivity contribution in [3.8, 4) is 0 Å². The normalized spacial score (nSPS) is 10.6. The van der Waals surface area contributed by atoms with Crippen LogP contribution in [0, 0.1) is 0 Å². The van der Waals surface area contributed by atoms with Crippen molar-refractivity contribution >= 4 is 40.0 Å². The van der Waals surface area contributed by atoms with Gasteiger partial charge in [0.15, 0.2) is 0 Å². The molecule has 0 aliphatic rings. The molecule has 8 heavy (non-hydrogen) atoms. The highest BCUT2D eigenvalue weighted by Crippen LogP contribution is 2.08. The van der Waals surface area contributed by atoms with Gasteiger partial charge in [-0.3, -0.25) is 0 Å². The first-order chi connectivity index (χ1) is 3.93. The van der Waals surface area contributed by atoms with Crippen LogP contribution in [0.2, 0.25) is 0 Å². The van der Waals surface area contributed by atoms with Crippen molar-refractivity contribution in [1.29, 1.82) is 0 Å². The van der Waals surface area contributed by atoms with E-state index in [4.69, 9.17) is 0 Å². The van der Waals surface area contributed by atoms with Gasteiger partial charge in [-0.05, 0) is 32.5 Å². The van der Waals surface area contributed by atoms with E-state index in [-0.39, 0.29) is 0 Å². The first-order valence-electron chi connectivity index (χ1n) is 2.22. The van der Waals surface area contributed by atoms with Crippen molar-refractivity contribution in [1.82, 2.24) is 0 Å². The van der Waals surface area contributed by atoms with Crippen LogP contribution >= 0.6 is 33.9 Å². The van der Waals surface area contributed by atoms with Gasteiger partial charge in [0.05, 0.1) is 0 Å². The second-order valence-electron chi connectivity index (χ2n) is 1.35. The van der Waals surface area contributed by atoms with Gasteiger partial charge in [-0.1, -0.05) is 22.6 Å². The molecule has 0 unspecified atom stereocenters. The Bertz CT molecular complexity index is 165. The fourth-order valence-corrected chi connectivity index (χ4v) is 1.49. The molecule has 1 aromatic rings. The molecule has 2 heteroatoms. The largest absolute Gasteiger partial charge is 0.152 e. The molecule has 1 rings (SSSR count). The Hall–Kier alpha value is 0.170. The maximum absolute atomic E-state index is 2.21. The van der Waals surface area contributed by atoms with Crippen LogP contribution in [0.15, 0.2) is 20.9 Å². The summed E-state index contributed by atoms with van der Waals surface area (Å²) < 4.78 is 2.01. The van der Waals surface area contributed by atoms with E-state index in [9.17, 15) is 0 Å². The van der Waals surface area contributed by atoms with Crippen LogP contribution in [-0.2, 0) is 0 Å². The lowest BCUT2D eigenvalue weighted by Crippen LogP contribution is -1.52. The third kappa shape index (κ3) is 1.59. The standard InChI is InChI=1S/C6H5IS/c7-3-1-6-2-4-8-5-6/h1-5H/b3-1+. The van der Waals surface area contributed by atoms with Crippen LogP contribution in [0.3, 0.4) is 0 Å². The minimum atomic E-state index is 1.30. The van der Waals surface area contributed by atoms with Gasteiger partial charge in [0.25, 0.3) is 0 Å². The Balaban J connectivity index is 2.77. The van der Waals surface area contributed by atoms with Crippen molar-refractivity contribution in [2.75, 3.05) is 0 Å². The van der Waals surface area contributed by atoms with Crippen molar-refractivity contribution in [2.45, 2.75) is 0 Å². The van der Waals surface area contributed by atoms with Crippen molar-refractivity contribution in [3.05, 3.63) is 26.5 Å². The molecular weight excluding hydrogens is 231 g/mol. The molecule has 1 aromatic heterocycles. The maximum Gasteiger partial charge on any atom is -0.00206 e. The first kappa shape index (κ1) is 6.29. The molecule has 0 spiro atoms. The van der Waals surface area contributed by atoms with Crippen LogP contribution in [0.25, 0.3) is 6.08 Å². The fourth-order valence-electron chi connectivity index (χ4n) is 0.443. The quantitative estimate of drug-likeness (QED) is 0.657. The molecule has 0 saturated heterocycles. The maximum atomic E-state index is 2.21. The third-order valence-corrected chi connectivity index (χ3v) is 1.86. The summed E-state index contributed by atoms with van der Waals surface area (Å²) in [7, 11) is 0. The van der Waals surface area contributed by atoms with Crippen molar-refractivity contribution in [3.63, 3.8) is 0 Å². The summed E-state index contributed by atoms with van der Waals surface area (Å²) in [6.45, 7) is 0. The van der Waals surface area contributed by atoms with Crippen LogP contribution in [-0.4, -0.2) is 0 Å². The molecule has 0 fully saturated rings. The predicted octanol–water partition coefficient (Wildman–Crippen LogP) is 3.15. The van der Waals surface area contributed by atoms with Crippen LogP contribution in [0.4, 0.5) is 0 Å². The van der Waals surface area contributed by atoms with E-state index < -0.39 is 0 Å². The predicted molar refractivity (Wildman–Crippen MR) is 47.4 cm³/mol. The Morgan fingerprint density at radius 3 is 3.00 bits per heavy atom. The van der Waals surface area contributed by atoms with E-state index in [1.54, 1.807) is 11.3 Å². The summed E-state index contributed by atoms with van der Waals surface area (Å²) in [5.74, 6) is 0. The van der Waals surface area contributed by atoms with Crippen LogP contribution in [0.1, 0.15) is 5.56 Å². The fraction of sp³-hybridized carbons (Fsp3) is 0. The van der Waals surface area contributed by atoms with Gasteiger partial charge >= 0.3 is 0 Å². The van der Waals surface area contributed by atoms with Gasteiger partial charge in [0.2, 0.25) is 0 Å². The summed E-state index contributed by atoms with van der Waals surface area (Å²) in [4.78, 5) is 0. The monoisotopic (exact) mass is 236 g/mol. The SMILES string of the molecule is I/C=C/c1ccsc1. The van der Waals surface area contributed by atoms with Gasteiger partial charge in [0.1, 0.15) is 0 Å². The minimum absolute atomic E-state index is 1.30. The summed E-state index contributed by atoms with van der Waals surface area (Å²) in [6.07, 6.45) is 2.08. The van der Waals surface area contributed by atoms with Gasteiger partial charge < -0.3 is 0 Å². The average Bonchev–Trinajstić information content (AvgIpc) is 2.19. The van der Waals surface area contributed by atoms with Crippen molar-refractivity contribution < 1.29 is 0 Å². The zero-order chi connectivity index (χ0) is 5.82. The average molecular weight is 236 g/mol. The number of halogens is 1. The second-order valence-corrected chi connectivity index (χ2v) is 2.85. The number of thiophene rings is 1. The topological polar surface area (TPSA) is 0 Å². The zero-order valence-electron chi connectivity index (χ0n) is 4.17. The zero-order valence-corrected chi connectivity index (χ0v) is 7.15. The summed E-state index contributed by atoms with van der Waals surface area (Å²) in [6, 6.07) is 2.10. The molecule has 0 bridgehead atoms. The lowest BCUT2D eigenvalue weighted by molar-refractivity contribution is 1.90. The van der Waals surface area contributed by atoms with Crippen LogP contribution < -0.4 is 0 Å². The number of hydrogen-bond donors (Lipinski definition) is 0. The lowest BCUT2D eigenvalue weighted by atomic mass is 10.3. The molecular formula is C6H5IS. The van der Waals surface area contributed by atoms with E-state index in [0.717, 1.165) is 0 Å². The summed E-state index contributed by atoms with van der Waals surface area (Å²) >= 11 is 3.94. The van der Waals surface area contributed by atoms with E-state index in [2.05, 4.69) is 45.5 Å². The van der Waals surface area contributed by atoms with Gasteiger partial charge in [0, 0.05) is 0 Å². The number of rotatable bonds is 1. The second kappa shape index (κ2) is 3.25. The molecule has 0 aliphatic carbocycles. The third-order valence-electron chi connectivity index (χ3n) is 0.799. The number of hydrogen-bond acceptors (Lipinski definition) is 1. The van der Waals surface area contributed by atoms with Crippen LogP contribution in [0.5, 0.6) is 0 Å². The van der Waals surface area contributed by atoms with Crippen molar-refractivity contribution in [2.24, 2.45) is 0 Å². The molecule has 0 N–H and O–H groups in total. The molecule has 0 nitrogen and oxygen atoms in total. The van der Waals surface area contributed by atoms with E-state index in [1.807, 2.05) is 4.08 Å². The first-order valence-corrected chi connectivity index (χ1v) is 4.41. The summed E-state index contributed by atoms with van der Waals surface area (Å²) in [5.41, 5.74) is 1.30. The molecule has 0 radical (unpaired) electrons. The minimum Gasteiger partial charge on any atom is -0.152 e. The Morgan fingerprint density at radius 2 is 2.50 bits per heavy atom. The summed E-state index contributed by atoms with van der Waals surface area (Å²) in [5, 5.41) is 4.20. The lowest BCUT2D eigenvalue weighted by Gasteiger charge is -1.74. The van der Waals surface area contributed by atoms with E-state index in [1.165, 1.54) is 5.56 Å². The highest BCUT2D eigenvalue weighted by Gasteiger charge is 1.80. The van der Waals surface area contributed by atoms with Gasteiger partial charge in [-0.2, -0.15) is 11.3 Å². The van der Waals surface area contributed by atoms with Gasteiger partial charge in [-0.15, -0.1) is 0 Å². The van der Waals surface area contributed by atoms with E-state index in [0.29, 0.717) is 0 Å². The molecule has 1 heterocycles. The molecule has 0 aromatic carbocycles. The van der Waals surface area contributed by atoms with Gasteiger partial charge in [-0.25, -0.2) is 0 Å². The smallest absolute Gasteiger partial charge is 0.00206 e. The highest BCUT2D eigenvalue weighted by molar-refractivity contribution is 14.1. The molecule has 0 aliphatic heterocycles. The molecule has 0 amide bonds. The Kier molecular flexibility index (Phi) is 2.55. The Labute approximate surface area is 66.4 Å². The van der Waals surface area contributed by atoms with E-state index >= 15 is 0 Å². The molecule has 0 saturated carbocycles. The molecule has 0 atom stereocenters.